The molecule has 0 saturated heterocycles. The third-order valence-electron chi connectivity index (χ3n) is 1.40. The van der Waals surface area contributed by atoms with Crippen molar-refractivity contribution in [2.24, 2.45) is 11.7 Å². The summed E-state index contributed by atoms with van der Waals surface area (Å²) in [5, 5.41) is 0. The Morgan fingerprint density at radius 3 is 2.45 bits per heavy atom. The Bertz CT molecular complexity index is 156. The zero-order chi connectivity index (χ0) is 8.85. The first-order chi connectivity index (χ1) is 5.11. The van der Waals surface area contributed by atoms with E-state index in [9.17, 15) is 9.59 Å². The zero-order valence-corrected chi connectivity index (χ0v) is 6.79. The van der Waals surface area contributed by atoms with Crippen LogP contribution in [0.15, 0.2) is 0 Å². The van der Waals surface area contributed by atoms with Crippen molar-refractivity contribution in [1.29, 1.82) is 0 Å². The second-order valence-electron chi connectivity index (χ2n) is 2.31. The smallest absolute Gasteiger partial charge is 0.327 e. The maximum atomic E-state index is 10.8. The molecule has 0 spiro atoms. The van der Waals surface area contributed by atoms with Gasteiger partial charge in [0.1, 0.15) is 0 Å². The van der Waals surface area contributed by atoms with Crippen LogP contribution in [0.2, 0.25) is 0 Å². The Labute approximate surface area is 65.7 Å². The Morgan fingerprint density at radius 1 is 1.55 bits per heavy atom. The fourth-order valence-electron chi connectivity index (χ4n) is 0.421. The van der Waals surface area contributed by atoms with Gasteiger partial charge in [-0.05, 0) is 6.42 Å². The van der Waals surface area contributed by atoms with E-state index in [0.29, 0.717) is 6.42 Å². The highest BCUT2D eigenvalue weighted by Gasteiger charge is 2.14. The number of carbonyl (C=O) groups is 2. The van der Waals surface area contributed by atoms with Gasteiger partial charge in [-0.2, -0.15) is 0 Å². The molecule has 0 aliphatic carbocycles. The number of nitrogens with two attached hydrogens (primary N) is 1. The lowest BCUT2D eigenvalue weighted by Crippen LogP contribution is -2.24. The fourth-order valence-corrected chi connectivity index (χ4v) is 0.421. The molecule has 0 heterocycles. The summed E-state index contributed by atoms with van der Waals surface area (Å²) < 4.78 is 4.35. The standard InChI is InChI=1S/C7H13NO3/c1-3-5(2)7(10)11-6(9)4-8/h5H,3-4,8H2,1-2H3. The first-order valence-electron chi connectivity index (χ1n) is 3.56. The molecule has 0 saturated carbocycles. The minimum Gasteiger partial charge on any atom is -0.392 e. The molecule has 0 aliphatic heterocycles. The van der Waals surface area contributed by atoms with Gasteiger partial charge in [0, 0.05) is 0 Å². The maximum Gasteiger partial charge on any atom is 0.327 e. The van der Waals surface area contributed by atoms with Crippen molar-refractivity contribution in [1.82, 2.24) is 0 Å². The molecule has 4 heteroatoms. The molecule has 0 fully saturated rings. The molecule has 0 aliphatic rings. The Morgan fingerprint density at radius 2 is 2.09 bits per heavy atom. The molecule has 11 heavy (non-hydrogen) atoms. The van der Waals surface area contributed by atoms with Gasteiger partial charge in [0.15, 0.2) is 0 Å². The number of ether oxygens (including phenoxy) is 1. The van der Waals surface area contributed by atoms with Crippen LogP contribution in [0.5, 0.6) is 0 Å². The van der Waals surface area contributed by atoms with E-state index >= 15 is 0 Å². The molecule has 0 aromatic rings. The van der Waals surface area contributed by atoms with E-state index in [1.54, 1.807) is 6.92 Å². The van der Waals surface area contributed by atoms with Crippen LogP contribution in [-0.4, -0.2) is 18.5 Å². The second kappa shape index (κ2) is 4.85. The van der Waals surface area contributed by atoms with Crippen molar-refractivity contribution in [3.63, 3.8) is 0 Å². The van der Waals surface area contributed by atoms with E-state index in [-0.39, 0.29) is 12.5 Å². The summed E-state index contributed by atoms with van der Waals surface area (Å²) in [5.41, 5.74) is 4.94. The number of hydrogen-bond donors (Lipinski definition) is 1. The molecule has 0 radical (unpaired) electrons. The summed E-state index contributed by atoms with van der Waals surface area (Å²) in [5.74, 6) is -1.40. The quantitative estimate of drug-likeness (QED) is 0.467. The SMILES string of the molecule is CCC(C)C(=O)OC(=O)CN. The van der Waals surface area contributed by atoms with Crippen molar-refractivity contribution in [2.75, 3.05) is 6.54 Å². The summed E-state index contributed by atoms with van der Waals surface area (Å²) in [6, 6.07) is 0. The summed E-state index contributed by atoms with van der Waals surface area (Å²) >= 11 is 0. The lowest BCUT2D eigenvalue weighted by molar-refractivity contribution is -0.161. The van der Waals surface area contributed by atoms with Gasteiger partial charge in [-0.25, -0.2) is 0 Å². The first kappa shape index (κ1) is 10.1. The largest absolute Gasteiger partial charge is 0.392 e. The van der Waals surface area contributed by atoms with Gasteiger partial charge in [0.05, 0.1) is 12.5 Å². The number of rotatable bonds is 3. The summed E-state index contributed by atoms with van der Waals surface area (Å²) in [7, 11) is 0. The number of carbonyl (C=O) groups excluding carboxylic acids is 2. The Kier molecular flexibility index (Phi) is 4.45. The molecular formula is C7H13NO3. The minimum absolute atomic E-state index is 0.231. The van der Waals surface area contributed by atoms with Gasteiger partial charge in [-0.1, -0.05) is 13.8 Å². The predicted molar refractivity (Wildman–Crippen MR) is 39.6 cm³/mol. The molecule has 0 rings (SSSR count). The summed E-state index contributed by atoms with van der Waals surface area (Å²) in [4.78, 5) is 21.3. The van der Waals surface area contributed by atoms with E-state index in [0.717, 1.165) is 0 Å². The molecule has 2 N–H and O–H groups in total. The minimum atomic E-state index is -0.671. The molecule has 1 unspecified atom stereocenters. The highest BCUT2D eigenvalue weighted by atomic mass is 16.6. The van der Waals surface area contributed by atoms with E-state index in [2.05, 4.69) is 4.74 Å². The third-order valence-corrected chi connectivity index (χ3v) is 1.40. The molecule has 0 aromatic carbocycles. The van der Waals surface area contributed by atoms with Gasteiger partial charge in [0.25, 0.3) is 0 Å². The number of hydrogen-bond acceptors (Lipinski definition) is 4. The van der Waals surface area contributed by atoms with Crippen molar-refractivity contribution < 1.29 is 14.3 Å². The maximum absolute atomic E-state index is 10.8. The lowest BCUT2D eigenvalue weighted by atomic mass is 10.1. The summed E-state index contributed by atoms with van der Waals surface area (Å²) in [6.07, 6.45) is 0.663. The monoisotopic (exact) mass is 159 g/mol. The molecule has 0 amide bonds. The third kappa shape index (κ3) is 3.72. The van der Waals surface area contributed by atoms with Gasteiger partial charge < -0.3 is 10.5 Å². The highest BCUT2D eigenvalue weighted by Crippen LogP contribution is 2.02. The topological polar surface area (TPSA) is 69.4 Å². The van der Waals surface area contributed by atoms with Crippen molar-refractivity contribution >= 4 is 11.9 Å². The van der Waals surface area contributed by atoms with Crippen LogP contribution in [0.3, 0.4) is 0 Å². The van der Waals surface area contributed by atoms with Crippen molar-refractivity contribution in [3.05, 3.63) is 0 Å². The van der Waals surface area contributed by atoms with E-state index in [4.69, 9.17) is 5.73 Å². The van der Waals surface area contributed by atoms with Gasteiger partial charge in [-0.3, -0.25) is 9.59 Å². The van der Waals surface area contributed by atoms with Crippen LogP contribution >= 0.6 is 0 Å². The van der Waals surface area contributed by atoms with Gasteiger partial charge >= 0.3 is 11.9 Å². The first-order valence-corrected chi connectivity index (χ1v) is 3.56. The lowest BCUT2D eigenvalue weighted by Gasteiger charge is -2.05. The normalized spacial score (nSPS) is 12.3. The average molecular weight is 159 g/mol. The van der Waals surface area contributed by atoms with E-state index in [1.165, 1.54) is 0 Å². The second-order valence-corrected chi connectivity index (χ2v) is 2.31. The van der Waals surface area contributed by atoms with Crippen LogP contribution in [0.1, 0.15) is 20.3 Å². The van der Waals surface area contributed by atoms with Crippen LogP contribution < -0.4 is 5.73 Å². The van der Waals surface area contributed by atoms with Crippen molar-refractivity contribution in [2.45, 2.75) is 20.3 Å². The van der Waals surface area contributed by atoms with Crippen LogP contribution in [-0.2, 0) is 14.3 Å². The highest BCUT2D eigenvalue weighted by molar-refractivity contribution is 5.87. The van der Waals surface area contributed by atoms with Crippen LogP contribution in [0.25, 0.3) is 0 Å². The van der Waals surface area contributed by atoms with Crippen molar-refractivity contribution in [3.8, 4) is 0 Å². The molecule has 0 aromatic heterocycles. The molecule has 4 nitrogen and oxygen atoms in total. The molecule has 0 bridgehead atoms. The summed E-state index contributed by atoms with van der Waals surface area (Å²) in [6.45, 7) is 3.30. The molecule has 1 atom stereocenters. The number of esters is 2. The Hall–Kier alpha value is -0.900. The molecule has 64 valence electrons. The fraction of sp³-hybridized carbons (Fsp3) is 0.714. The van der Waals surface area contributed by atoms with Crippen LogP contribution in [0.4, 0.5) is 0 Å². The van der Waals surface area contributed by atoms with E-state index in [1.807, 2.05) is 6.92 Å². The zero-order valence-electron chi connectivity index (χ0n) is 6.79. The predicted octanol–water partition coefficient (Wildman–Crippen LogP) is 0.0610. The average Bonchev–Trinajstić information content (AvgIpc) is 2.02. The van der Waals surface area contributed by atoms with Crippen LogP contribution in [0, 0.1) is 5.92 Å². The van der Waals surface area contributed by atoms with E-state index < -0.39 is 11.9 Å². The Balaban J connectivity index is 3.77. The van der Waals surface area contributed by atoms with Gasteiger partial charge in [0.2, 0.25) is 0 Å². The van der Waals surface area contributed by atoms with Gasteiger partial charge in [-0.15, -0.1) is 0 Å². The molecular weight excluding hydrogens is 146 g/mol.